The Labute approximate surface area is 108 Å². The first-order valence-corrected chi connectivity index (χ1v) is 8.48. The maximum atomic E-state index is 5.87. The average molecular weight is 262 g/mol. The van der Waals surface area contributed by atoms with Crippen molar-refractivity contribution in [1.82, 2.24) is 9.13 Å². The zero-order chi connectivity index (χ0) is 13.3. The number of rotatable bonds is 10. The molecular weight excluding hydrogens is 232 g/mol. The summed E-state index contributed by atoms with van der Waals surface area (Å²) < 4.78 is 16.5. The van der Waals surface area contributed by atoms with Crippen LogP contribution in [0.2, 0.25) is 0 Å². The molecule has 0 spiro atoms. The Bertz CT molecular complexity index is 173. The standard InChI is InChI=1S/C12H30N2O2Si/c1-7-11-13(9-3)17(15-5,16-6)14(10-4)12-8-2/h7-12H2,1-6H3. The van der Waals surface area contributed by atoms with Gasteiger partial charge in [-0.3, -0.25) is 9.13 Å². The number of hydrogen-bond acceptors (Lipinski definition) is 4. The summed E-state index contributed by atoms with van der Waals surface area (Å²) in [6, 6.07) is 0. The minimum Gasteiger partial charge on any atom is -0.374 e. The second kappa shape index (κ2) is 9.05. The van der Waals surface area contributed by atoms with Crippen molar-refractivity contribution in [2.24, 2.45) is 0 Å². The molecule has 0 aromatic heterocycles. The van der Waals surface area contributed by atoms with Gasteiger partial charge in [0.15, 0.2) is 0 Å². The summed E-state index contributed by atoms with van der Waals surface area (Å²) in [7, 11) is 1.19. The van der Waals surface area contributed by atoms with Crippen LogP contribution in [-0.2, 0) is 8.85 Å². The minimum atomic E-state index is -2.38. The van der Waals surface area contributed by atoms with Crippen LogP contribution < -0.4 is 0 Å². The molecule has 0 saturated carbocycles. The van der Waals surface area contributed by atoms with E-state index >= 15 is 0 Å². The monoisotopic (exact) mass is 262 g/mol. The van der Waals surface area contributed by atoms with E-state index in [1.807, 2.05) is 0 Å². The highest BCUT2D eigenvalue weighted by Crippen LogP contribution is 2.18. The van der Waals surface area contributed by atoms with E-state index in [0.29, 0.717) is 0 Å². The van der Waals surface area contributed by atoms with Gasteiger partial charge in [-0.25, -0.2) is 0 Å². The second-order valence-corrected chi connectivity index (χ2v) is 7.29. The van der Waals surface area contributed by atoms with Crippen LogP contribution in [-0.4, -0.2) is 58.4 Å². The van der Waals surface area contributed by atoms with Crippen molar-refractivity contribution in [2.45, 2.75) is 40.5 Å². The van der Waals surface area contributed by atoms with E-state index in [4.69, 9.17) is 8.85 Å². The molecule has 0 aliphatic rings. The van der Waals surface area contributed by atoms with E-state index in [9.17, 15) is 0 Å². The molecule has 0 rings (SSSR count). The third kappa shape index (κ3) is 4.03. The molecule has 4 nitrogen and oxygen atoms in total. The average Bonchev–Trinajstić information content (AvgIpc) is 2.37. The molecule has 0 aliphatic carbocycles. The van der Waals surface area contributed by atoms with E-state index in [1.54, 1.807) is 14.2 Å². The molecule has 0 saturated heterocycles. The second-order valence-electron chi connectivity index (χ2n) is 4.12. The van der Waals surface area contributed by atoms with Crippen LogP contribution in [0.4, 0.5) is 0 Å². The highest BCUT2D eigenvalue weighted by atomic mass is 28.4. The Morgan fingerprint density at radius 1 is 0.765 bits per heavy atom. The van der Waals surface area contributed by atoms with Crippen molar-refractivity contribution < 1.29 is 8.85 Å². The molecular formula is C12H30N2O2Si. The minimum absolute atomic E-state index is 0.974. The van der Waals surface area contributed by atoms with Crippen LogP contribution in [0.15, 0.2) is 0 Å². The molecule has 0 atom stereocenters. The molecule has 0 heterocycles. The van der Waals surface area contributed by atoms with Crippen LogP contribution in [0.3, 0.4) is 0 Å². The first-order chi connectivity index (χ1) is 8.16. The third-order valence-electron chi connectivity index (χ3n) is 3.08. The Kier molecular flexibility index (Phi) is 9.08. The molecule has 0 unspecified atom stereocenters. The molecule has 0 bridgehead atoms. The summed E-state index contributed by atoms with van der Waals surface area (Å²) >= 11 is 0. The maximum absolute atomic E-state index is 5.87. The van der Waals surface area contributed by atoms with Crippen molar-refractivity contribution >= 4 is 8.88 Å². The lowest BCUT2D eigenvalue weighted by Crippen LogP contribution is -2.69. The van der Waals surface area contributed by atoms with Crippen molar-refractivity contribution in [2.75, 3.05) is 40.4 Å². The summed E-state index contributed by atoms with van der Waals surface area (Å²) in [5, 5.41) is 0. The van der Waals surface area contributed by atoms with Crippen LogP contribution in [0.5, 0.6) is 0 Å². The van der Waals surface area contributed by atoms with Gasteiger partial charge >= 0.3 is 8.88 Å². The molecule has 104 valence electrons. The smallest absolute Gasteiger partial charge is 0.374 e. The lowest BCUT2D eigenvalue weighted by Gasteiger charge is -2.43. The molecule has 0 aromatic rings. The van der Waals surface area contributed by atoms with Gasteiger partial charge in [-0.05, 0) is 39.0 Å². The quantitative estimate of drug-likeness (QED) is 0.563. The van der Waals surface area contributed by atoms with Gasteiger partial charge in [0.1, 0.15) is 0 Å². The Morgan fingerprint density at radius 2 is 1.12 bits per heavy atom. The Hall–Kier alpha value is 0.0569. The highest BCUT2D eigenvalue weighted by molar-refractivity contribution is 6.61. The number of nitrogens with zero attached hydrogens (tertiary/aromatic N) is 2. The Morgan fingerprint density at radius 3 is 1.29 bits per heavy atom. The van der Waals surface area contributed by atoms with Crippen molar-refractivity contribution in [3.63, 3.8) is 0 Å². The van der Waals surface area contributed by atoms with Gasteiger partial charge in [0, 0.05) is 14.2 Å². The van der Waals surface area contributed by atoms with E-state index in [-0.39, 0.29) is 0 Å². The SMILES string of the molecule is CCCN(CC)[Si](OC)(OC)N(CC)CCC. The van der Waals surface area contributed by atoms with E-state index < -0.39 is 8.88 Å². The molecule has 0 radical (unpaired) electrons. The van der Waals surface area contributed by atoms with Crippen molar-refractivity contribution in [3.05, 3.63) is 0 Å². The van der Waals surface area contributed by atoms with Gasteiger partial charge in [-0.2, -0.15) is 0 Å². The van der Waals surface area contributed by atoms with E-state index in [1.165, 1.54) is 0 Å². The fourth-order valence-corrected chi connectivity index (χ4v) is 5.75. The maximum Gasteiger partial charge on any atom is 0.521 e. The van der Waals surface area contributed by atoms with Gasteiger partial charge in [0.25, 0.3) is 0 Å². The number of hydrogen-bond donors (Lipinski definition) is 0. The highest BCUT2D eigenvalue weighted by Gasteiger charge is 2.48. The largest absolute Gasteiger partial charge is 0.521 e. The first-order valence-electron chi connectivity index (χ1n) is 6.77. The molecule has 17 heavy (non-hydrogen) atoms. The molecule has 0 aromatic carbocycles. The molecule has 0 fully saturated rings. The third-order valence-corrected chi connectivity index (χ3v) is 6.82. The summed E-state index contributed by atoms with van der Waals surface area (Å²) in [5.74, 6) is 0. The van der Waals surface area contributed by atoms with Gasteiger partial charge in [0.05, 0.1) is 0 Å². The van der Waals surface area contributed by atoms with Crippen LogP contribution >= 0.6 is 0 Å². The summed E-state index contributed by atoms with van der Waals surface area (Å²) in [6.45, 7) is 12.8. The van der Waals surface area contributed by atoms with Crippen LogP contribution in [0.25, 0.3) is 0 Å². The van der Waals surface area contributed by atoms with Gasteiger partial charge in [-0.15, -0.1) is 0 Å². The zero-order valence-electron chi connectivity index (χ0n) is 12.5. The predicted molar refractivity (Wildman–Crippen MR) is 74.8 cm³/mol. The van der Waals surface area contributed by atoms with Crippen LogP contribution in [0, 0.1) is 0 Å². The predicted octanol–water partition coefficient (Wildman–Crippen LogP) is 2.18. The van der Waals surface area contributed by atoms with Crippen LogP contribution in [0.1, 0.15) is 40.5 Å². The lowest BCUT2D eigenvalue weighted by molar-refractivity contribution is 0.0966. The molecule has 0 amide bonds. The fourth-order valence-electron chi connectivity index (χ4n) is 2.34. The Balaban J connectivity index is 5.06. The zero-order valence-corrected chi connectivity index (χ0v) is 13.5. The first kappa shape index (κ1) is 17.1. The molecule has 0 N–H and O–H groups in total. The van der Waals surface area contributed by atoms with E-state index in [2.05, 4.69) is 36.8 Å². The molecule has 0 aliphatic heterocycles. The van der Waals surface area contributed by atoms with Crippen molar-refractivity contribution in [3.8, 4) is 0 Å². The normalized spacial score (nSPS) is 12.7. The van der Waals surface area contributed by atoms with Gasteiger partial charge in [0.2, 0.25) is 0 Å². The molecule has 5 heteroatoms. The fraction of sp³-hybridized carbons (Fsp3) is 1.00. The lowest BCUT2D eigenvalue weighted by atomic mass is 10.5. The topological polar surface area (TPSA) is 24.9 Å². The van der Waals surface area contributed by atoms with Crippen molar-refractivity contribution in [1.29, 1.82) is 0 Å². The van der Waals surface area contributed by atoms with E-state index in [0.717, 1.165) is 39.0 Å². The summed E-state index contributed by atoms with van der Waals surface area (Å²) in [5.41, 5.74) is 0. The summed E-state index contributed by atoms with van der Waals surface area (Å²) in [4.78, 5) is 0. The summed E-state index contributed by atoms with van der Waals surface area (Å²) in [6.07, 6.45) is 2.25. The van der Waals surface area contributed by atoms with Gasteiger partial charge < -0.3 is 8.85 Å². The van der Waals surface area contributed by atoms with Gasteiger partial charge in [-0.1, -0.05) is 27.7 Å².